The molecular weight excluding hydrogens is 278 g/mol. The lowest BCUT2D eigenvalue weighted by Crippen LogP contribution is -2.39. The van der Waals surface area contributed by atoms with Crippen molar-refractivity contribution in [3.63, 3.8) is 0 Å². The number of nitrogens with zero attached hydrogens (tertiary/aromatic N) is 5. The molecule has 3 heterocycles. The van der Waals surface area contributed by atoms with Gasteiger partial charge in [0.1, 0.15) is 5.82 Å². The molecule has 0 radical (unpaired) electrons. The molecule has 2 saturated heterocycles. The molecule has 6 heteroatoms. The van der Waals surface area contributed by atoms with E-state index in [1.807, 2.05) is 19.4 Å². The average Bonchev–Trinajstić information content (AvgIpc) is 3.02. The Morgan fingerprint density at radius 3 is 2.77 bits per heavy atom. The normalized spacial score (nSPS) is 24.6. The number of carbonyl (C=O) groups excluding carboxylic acids is 1. The summed E-state index contributed by atoms with van der Waals surface area (Å²) in [6.07, 6.45) is 5.90. The molecule has 1 aromatic rings. The third kappa shape index (κ3) is 3.50. The predicted molar refractivity (Wildman–Crippen MR) is 85.3 cm³/mol. The summed E-state index contributed by atoms with van der Waals surface area (Å²) >= 11 is 0. The van der Waals surface area contributed by atoms with Crippen LogP contribution in [0.3, 0.4) is 0 Å². The number of carbonyl (C=O) groups is 1. The van der Waals surface area contributed by atoms with Gasteiger partial charge < -0.3 is 14.4 Å². The molecule has 22 heavy (non-hydrogen) atoms. The molecule has 0 N–H and O–H groups in total. The van der Waals surface area contributed by atoms with Crippen molar-refractivity contribution in [1.29, 1.82) is 0 Å². The van der Waals surface area contributed by atoms with Crippen LogP contribution in [0, 0.1) is 5.92 Å². The fourth-order valence-corrected chi connectivity index (χ4v) is 3.49. The van der Waals surface area contributed by atoms with E-state index in [2.05, 4.69) is 31.3 Å². The molecule has 2 aliphatic rings. The van der Waals surface area contributed by atoms with E-state index in [1.165, 1.54) is 0 Å². The van der Waals surface area contributed by atoms with Crippen LogP contribution < -0.4 is 0 Å². The highest BCUT2D eigenvalue weighted by Crippen LogP contribution is 2.18. The van der Waals surface area contributed by atoms with Crippen molar-refractivity contribution in [1.82, 2.24) is 24.3 Å². The van der Waals surface area contributed by atoms with Crippen LogP contribution >= 0.6 is 0 Å². The third-order valence-electron chi connectivity index (χ3n) is 4.93. The van der Waals surface area contributed by atoms with Gasteiger partial charge in [0.05, 0.1) is 12.5 Å². The second-order valence-electron chi connectivity index (χ2n) is 6.66. The van der Waals surface area contributed by atoms with Gasteiger partial charge in [-0.25, -0.2) is 4.98 Å². The van der Waals surface area contributed by atoms with Gasteiger partial charge >= 0.3 is 0 Å². The summed E-state index contributed by atoms with van der Waals surface area (Å²) in [6, 6.07) is 0. The molecule has 1 unspecified atom stereocenters. The first-order chi connectivity index (χ1) is 10.6. The minimum absolute atomic E-state index is 0.214. The van der Waals surface area contributed by atoms with Crippen molar-refractivity contribution in [3.8, 4) is 0 Å². The van der Waals surface area contributed by atoms with Gasteiger partial charge in [-0.05, 0) is 26.4 Å². The van der Waals surface area contributed by atoms with Crippen molar-refractivity contribution >= 4 is 5.91 Å². The highest BCUT2D eigenvalue weighted by atomic mass is 16.2. The minimum Gasteiger partial charge on any atom is -0.341 e. The van der Waals surface area contributed by atoms with E-state index >= 15 is 0 Å². The summed E-state index contributed by atoms with van der Waals surface area (Å²) in [5.74, 6) is 1.67. The monoisotopic (exact) mass is 305 g/mol. The maximum atomic E-state index is 12.6. The summed E-state index contributed by atoms with van der Waals surface area (Å²) in [6.45, 7) is 6.58. The number of aromatic nitrogens is 2. The van der Waals surface area contributed by atoms with E-state index in [-0.39, 0.29) is 5.92 Å². The van der Waals surface area contributed by atoms with Crippen LogP contribution in [0.1, 0.15) is 18.7 Å². The molecule has 2 aliphatic heterocycles. The first-order valence-corrected chi connectivity index (χ1v) is 8.29. The van der Waals surface area contributed by atoms with Crippen molar-refractivity contribution < 1.29 is 4.79 Å². The van der Waals surface area contributed by atoms with Crippen LogP contribution in [0.15, 0.2) is 12.4 Å². The first-order valence-electron chi connectivity index (χ1n) is 8.29. The molecule has 0 aliphatic carbocycles. The average molecular weight is 305 g/mol. The Bertz CT molecular complexity index is 514. The molecule has 2 fully saturated rings. The van der Waals surface area contributed by atoms with Crippen LogP contribution in [0.5, 0.6) is 0 Å². The van der Waals surface area contributed by atoms with Gasteiger partial charge in [0.15, 0.2) is 0 Å². The number of amides is 1. The largest absolute Gasteiger partial charge is 0.341 e. The van der Waals surface area contributed by atoms with Crippen molar-refractivity contribution in [2.75, 3.05) is 46.3 Å². The molecular formula is C16H27N5O. The lowest BCUT2D eigenvalue weighted by Gasteiger charge is -2.24. The fraction of sp³-hybridized carbons (Fsp3) is 0.750. The Morgan fingerprint density at radius 2 is 2.09 bits per heavy atom. The molecule has 3 rings (SSSR count). The second kappa shape index (κ2) is 6.79. The number of likely N-dealkylation sites (tertiary alicyclic amines) is 1. The Balaban J connectivity index is 1.53. The first kappa shape index (κ1) is 15.5. The maximum absolute atomic E-state index is 12.6. The predicted octanol–water partition coefficient (Wildman–Crippen LogP) is 0.406. The standard InChI is InChI=1S/C16H27N5O/c1-18-8-4-14(12-18)16(22)21-7-3-6-20(10-11-21)13-15-17-5-9-19(15)2/h5,9,14H,3-4,6-8,10-13H2,1-2H3. The second-order valence-corrected chi connectivity index (χ2v) is 6.66. The van der Waals surface area contributed by atoms with Crippen molar-refractivity contribution in [3.05, 3.63) is 18.2 Å². The van der Waals surface area contributed by atoms with E-state index in [0.29, 0.717) is 5.91 Å². The zero-order valence-electron chi connectivity index (χ0n) is 13.7. The molecule has 0 spiro atoms. The zero-order chi connectivity index (χ0) is 15.5. The van der Waals surface area contributed by atoms with E-state index in [0.717, 1.165) is 64.5 Å². The highest BCUT2D eigenvalue weighted by molar-refractivity contribution is 5.79. The summed E-state index contributed by atoms with van der Waals surface area (Å²) < 4.78 is 2.07. The lowest BCUT2D eigenvalue weighted by atomic mass is 10.1. The van der Waals surface area contributed by atoms with Gasteiger partial charge in [0, 0.05) is 52.2 Å². The van der Waals surface area contributed by atoms with Crippen LogP contribution in [0.25, 0.3) is 0 Å². The van der Waals surface area contributed by atoms with E-state index in [1.54, 1.807) is 0 Å². The van der Waals surface area contributed by atoms with Crippen LogP contribution in [0.2, 0.25) is 0 Å². The highest BCUT2D eigenvalue weighted by Gasteiger charge is 2.30. The van der Waals surface area contributed by atoms with Gasteiger partial charge in [0.2, 0.25) is 5.91 Å². The number of aryl methyl sites for hydroxylation is 1. The summed E-state index contributed by atoms with van der Waals surface area (Å²) in [5, 5.41) is 0. The summed E-state index contributed by atoms with van der Waals surface area (Å²) in [4.78, 5) is 23.8. The third-order valence-corrected chi connectivity index (χ3v) is 4.93. The minimum atomic E-state index is 0.214. The SMILES string of the molecule is CN1CCC(C(=O)N2CCCN(Cc3nccn3C)CC2)C1. The number of imidazole rings is 1. The maximum Gasteiger partial charge on any atom is 0.227 e. The number of hydrogen-bond acceptors (Lipinski definition) is 4. The quantitative estimate of drug-likeness (QED) is 0.811. The Hall–Kier alpha value is -1.40. The van der Waals surface area contributed by atoms with Crippen LogP contribution in [0.4, 0.5) is 0 Å². The van der Waals surface area contributed by atoms with Crippen LogP contribution in [-0.4, -0.2) is 76.5 Å². The Labute approximate surface area is 132 Å². The van der Waals surface area contributed by atoms with Gasteiger partial charge in [-0.3, -0.25) is 9.69 Å². The number of hydrogen-bond donors (Lipinski definition) is 0. The van der Waals surface area contributed by atoms with E-state index in [4.69, 9.17) is 0 Å². The number of rotatable bonds is 3. The summed E-state index contributed by atoms with van der Waals surface area (Å²) in [7, 11) is 4.14. The van der Waals surface area contributed by atoms with Crippen molar-refractivity contribution in [2.45, 2.75) is 19.4 Å². The molecule has 6 nitrogen and oxygen atoms in total. The molecule has 0 aromatic carbocycles. The molecule has 1 aromatic heterocycles. The Morgan fingerprint density at radius 1 is 1.23 bits per heavy atom. The lowest BCUT2D eigenvalue weighted by molar-refractivity contribution is -0.135. The van der Waals surface area contributed by atoms with Gasteiger partial charge in [-0.2, -0.15) is 0 Å². The zero-order valence-corrected chi connectivity index (χ0v) is 13.7. The molecule has 0 bridgehead atoms. The van der Waals surface area contributed by atoms with Crippen molar-refractivity contribution in [2.24, 2.45) is 13.0 Å². The van der Waals surface area contributed by atoms with E-state index < -0.39 is 0 Å². The van der Waals surface area contributed by atoms with Crippen LogP contribution in [-0.2, 0) is 18.4 Å². The van der Waals surface area contributed by atoms with Gasteiger partial charge in [0.25, 0.3) is 0 Å². The van der Waals surface area contributed by atoms with Gasteiger partial charge in [-0.15, -0.1) is 0 Å². The molecule has 122 valence electrons. The molecule has 0 saturated carbocycles. The topological polar surface area (TPSA) is 44.6 Å². The summed E-state index contributed by atoms with van der Waals surface area (Å²) in [5.41, 5.74) is 0. The van der Waals surface area contributed by atoms with Gasteiger partial charge in [-0.1, -0.05) is 0 Å². The smallest absolute Gasteiger partial charge is 0.227 e. The fourth-order valence-electron chi connectivity index (χ4n) is 3.49. The molecule has 1 amide bonds. The van der Waals surface area contributed by atoms with E-state index in [9.17, 15) is 4.79 Å². The molecule has 1 atom stereocenters. The Kier molecular flexibility index (Phi) is 4.78.